The first-order valence-corrected chi connectivity index (χ1v) is 8.16. The average molecular weight is 355 g/mol. The van der Waals surface area contributed by atoms with Crippen LogP contribution in [-0.4, -0.2) is 30.4 Å². The molecular formula is C20H21NO5. The summed E-state index contributed by atoms with van der Waals surface area (Å²) in [5, 5.41) is 2.67. The molecule has 0 spiro atoms. The van der Waals surface area contributed by atoms with E-state index in [9.17, 15) is 14.4 Å². The van der Waals surface area contributed by atoms with Crippen molar-refractivity contribution in [2.75, 3.05) is 11.9 Å². The molecule has 0 unspecified atom stereocenters. The van der Waals surface area contributed by atoms with Gasteiger partial charge in [0.2, 0.25) is 0 Å². The minimum absolute atomic E-state index is 0.0978. The standard InChI is InChI=1S/C20H21NO5/c1-13-7-9-17(10-8-13)21-20(24)15(3)26-19(23)12-25-18-6-4-5-16(11-18)14(2)22/h4-11,15H,12H2,1-3H3,(H,21,24)/t15-/m0/s1. The molecule has 0 fully saturated rings. The van der Waals surface area contributed by atoms with Crippen LogP contribution in [0.5, 0.6) is 5.75 Å². The number of aryl methyl sites for hydroxylation is 1. The van der Waals surface area contributed by atoms with E-state index in [4.69, 9.17) is 9.47 Å². The minimum atomic E-state index is -0.962. The van der Waals surface area contributed by atoms with Gasteiger partial charge in [-0.15, -0.1) is 0 Å². The zero-order valence-corrected chi connectivity index (χ0v) is 14.9. The highest BCUT2D eigenvalue weighted by atomic mass is 16.6. The number of benzene rings is 2. The maximum atomic E-state index is 12.1. The lowest BCUT2D eigenvalue weighted by atomic mass is 10.1. The predicted molar refractivity (Wildman–Crippen MR) is 97.3 cm³/mol. The topological polar surface area (TPSA) is 81.7 Å². The third kappa shape index (κ3) is 5.73. The van der Waals surface area contributed by atoms with Crippen molar-refractivity contribution in [2.24, 2.45) is 0 Å². The van der Waals surface area contributed by atoms with E-state index in [1.807, 2.05) is 19.1 Å². The molecule has 0 aliphatic carbocycles. The number of anilines is 1. The molecule has 1 N–H and O–H groups in total. The summed E-state index contributed by atoms with van der Waals surface area (Å²) in [6, 6.07) is 13.8. The van der Waals surface area contributed by atoms with Crippen molar-refractivity contribution in [1.82, 2.24) is 0 Å². The van der Waals surface area contributed by atoms with Crippen molar-refractivity contribution in [2.45, 2.75) is 26.9 Å². The molecule has 2 aromatic carbocycles. The lowest BCUT2D eigenvalue weighted by Gasteiger charge is -2.14. The Morgan fingerprint density at radius 3 is 2.42 bits per heavy atom. The summed E-state index contributed by atoms with van der Waals surface area (Å²) in [5.41, 5.74) is 2.19. The average Bonchev–Trinajstić information content (AvgIpc) is 2.62. The van der Waals surface area contributed by atoms with Crippen molar-refractivity contribution in [3.8, 4) is 5.75 Å². The van der Waals surface area contributed by atoms with Crippen LogP contribution in [0, 0.1) is 6.92 Å². The van der Waals surface area contributed by atoms with Gasteiger partial charge in [0.15, 0.2) is 18.5 Å². The molecule has 0 saturated carbocycles. The van der Waals surface area contributed by atoms with Gasteiger partial charge in [-0.05, 0) is 45.0 Å². The number of rotatable bonds is 7. The smallest absolute Gasteiger partial charge is 0.344 e. The number of hydrogen-bond donors (Lipinski definition) is 1. The molecule has 0 aromatic heterocycles. The summed E-state index contributed by atoms with van der Waals surface area (Å²) in [6.45, 7) is 4.52. The summed E-state index contributed by atoms with van der Waals surface area (Å²) in [5.74, 6) is -0.823. The van der Waals surface area contributed by atoms with Crippen LogP contribution in [-0.2, 0) is 14.3 Å². The van der Waals surface area contributed by atoms with E-state index < -0.39 is 18.0 Å². The highest BCUT2D eigenvalue weighted by Crippen LogP contribution is 2.14. The van der Waals surface area contributed by atoms with Crippen LogP contribution < -0.4 is 10.1 Å². The Morgan fingerprint density at radius 1 is 1.08 bits per heavy atom. The quantitative estimate of drug-likeness (QED) is 0.609. The Kier molecular flexibility index (Phi) is 6.49. The normalized spacial score (nSPS) is 11.3. The van der Waals surface area contributed by atoms with Gasteiger partial charge in [0.25, 0.3) is 5.91 Å². The molecule has 6 heteroatoms. The van der Waals surface area contributed by atoms with E-state index in [2.05, 4.69) is 5.32 Å². The summed E-state index contributed by atoms with van der Waals surface area (Å²) in [6.07, 6.45) is -0.962. The van der Waals surface area contributed by atoms with Crippen LogP contribution in [0.1, 0.15) is 29.8 Å². The van der Waals surface area contributed by atoms with E-state index in [1.165, 1.54) is 13.8 Å². The van der Waals surface area contributed by atoms with E-state index in [-0.39, 0.29) is 12.4 Å². The van der Waals surface area contributed by atoms with Crippen molar-refractivity contribution >= 4 is 23.3 Å². The second kappa shape index (κ2) is 8.80. The van der Waals surface area contributed by atoms with Crippen LogP contribution in [0.15, 0.2) is 48.5 Å². The zero-order chi connectivity index (χ0) is 19.1. The van der Waals surface area contributed by atoms with E-state index in [1.54, 1.807) is 36.4 Å². The molecule has 26 heavy (non-hydrogen) atoms. The highest BCUT2D eigenvalue weighted by molar-refractivity contribution is 5.95. The number of ether oxygens (including phenoxy) is 2. The third-order valence-electron chi connectivity index (χ3n) is 3.59. The molecule has 0 aliphatic heterocycles. The molecule has 6 nitrogen and oxygen atoms in total. The highest BCUT2D eigenvalue weighted by Gasteiger charge is 2.18. The van der Waals surface area contributed by atoms with E-state index >= 15 is 0 Å². The molecule has 2 aromatic rings. The van der Waals surface area contributed by atoms with Gasteiger partial charge in [0, 0.05) is 11.3 Å². The molecule has 1 atom stereocenters. The number of Topliss-reactive ketones (excluding diaryl/α,β-unsaturated/α-hetero) is 1. The van der Waals surface area contributed by atoms with Crippen molar-refractivity contribution in [3.05, 3.63) is 59.7 Å². The number of esters is 1. The van der Waals surface area contributed by atoms with Gasteiger partial charge in [-0.2, -0.15) is 0 Å². The first-order chi connectivity index (χ1) is 12.3. The van der Waals surface area contributed by atoms with Crippen molar-refractivity contribution in [1.29, 1.82) is 0 Å². The summed E-state index contributed by atoms with van der Waals surface area (Å²) in [7, 11) is 0. The molecule has 0 radical (unpaired) electrons. The largest absolute Gasteiger partial charge is 0.482 e. The first kappa shape index (κ1) is 19.2. The molecule has 0 heterocycles. The van der Waals surface area contributed by atoms with Gasteiger partial charge in [-0.25, -0.2) is 4.79 Å². The first-order valence-electron chi connectivity index (χ1n) is 8.16. The predicted octanol–water partition coefficient (Wildman–Crippen LogP) is 3.15. The molecular weight excluding hydrogens is 334 g/mol. The van der Waals surface area contributed by atoms with Crippen LogP contribution in [0.4, 0.5) is 5.69 Å². The number of carbonyl (C=O) groups excluding carboxylic acids is 3. The lowest BCUT2D eigenvalue weighted by molar-refractivity contribution is -0.155. The molecule has 0 aliphatic rings. The third-order valence-corrected chi connectivity index (χ3v) is 3.59. The van der Waals surface area contributed by atoms with Crippen LogP contribution in [0.3, 0.4) is 0 Å². The SMILES string of the molecule is CC(=O)c1cccc(OCC(=O)O[C@@H](C)C(=O)Nc2ccc(C)cc2)c1. The molecule has 0 saturated heterocycles. The Morgan fingerprint density at radius 2 is 1.77 bits per heavy atom. The van der Waals surface area contributed by atoms with Crippen LogP contribution >= 0.6 is 0 Å². The van der Waals surface area contributed by atoms with Gasteiger partial charge in [0.1, 0.15) is 5.75 Å². The lowest BCUT2D eigenvalue weighted by Crippen LogP contribution is -2.31. The van der Waals surface area contributed by atoms with Gasteiger partial charge in [-0.3, -0.25) is 9.59 Å². The number of hydrogen-bond acceptors (Lipinski definition) is 5. The second-order valence-electron chi connectivity index (χ2n) is 5.86. The molecule has 136 valence electrons. The van der Waals surface area contributed by atoms with Gasteiger partial charge < -0.3 is 14.8 Å². The Balaban J connectivity index is 1.82. The van der Waals surface area contributed by atoms with E-state index in [0.717, 1.165) is 5.56 Å². The number of nitrogens with one attached hydrogen (secondary N) is 1. The van der Waals surface area contributed by atoms with Gasteiger partial charge in [-0.1, -0.05) is 29.8 Å². The molecule has 0 bridgehead atoms. The second-order valence-corrected chi connectivity index (χ2v) is 5.86. The van der Waals surface area contributed by atoms with Crippen molar-refractivity contribution < 1.29 is 23.9 Å². The Labute approximate surface area is 152 Å². The number of ketones is 1. The monoisotopic (exact) mass is 355 g/mol. The Bertz CT molecular complexity index is 798. The maximum Gasteiger partial charge on any atom is 0.344 e. The van der Waals surface area contributed by atoms with Crippen LogP contribution in [0.2, 0.25) is 0 Å². The maximum absolute atomic E-state index is 12.1. The van der Waals surface area contributed by atoms with Gasteiger partial charge >= 0.3 is 5.97 Å². The molecule has 2 rings (SSSR count). The van der Waals surface area contributed by atoms with Crippen molar-refractivity contribution in [3.63, 3.8) is 0 Å². The Hall–Kier alpha value is -3.15. The van der Waals surface area contributed by atoms with E-state index in [0.29, 0.717) is 17.0 Å². The molecule has 1 amide bonds. The summed E-state index contributed by atoms with van der Waals surface area (Å²) >= 11 is 0. The zero-order valence-electron chi connectivity index (χ0n) is 14.9. The summed E-state index contributed by atoms with van der Waals surface area (Å²) < 4.78 is 10.4. The number of carbonyl (C=O) groups is 3. The fourth-order valence-electron chi connectivity index (χ4n) is 2.11. The fraction of sp³-hybridized carbons (Fsp3) is 0.250. The minimum Gasteiger partial charge on any atom is -0.482 e. The van der Waals surface area contributed by atoms with Crippen LogP contribution in [0.25, 0.3) is 0 Å². The fourth-order valence-corrected chi connectivity index (χ4v) is 2.11. The van der Waals surface area contributed by atoms with Gasteiger partial charge in [0.05, 0.1) is 0 Å². The number of amides is 1. The summed E-state index contributed by atoms with van der Waals surface area (Å²) in [4.78, 5) is 35.2.